The molecule has 0 radical (unpaired) electrons. The van der Waals surface area contributed by atoms with Crippen molar-refractivity contribution in [3.05, 3.63) is 35.9 Å². The highest BCUT2D eigenvalue weighted by Crippen LogP contribution is 2.33. The molecule has 0 aliphatic carbocycles. The van der Waals surface area contributed by atoms with Gasteiger partial charge in [0.15, 0.2) is 11.5 Å². The van der Waals surface area contributed by atoms with Gasteiger partial charge in [-0.25, -0.2) is 0 Å². The molecule has 1 aromatic rings. The van der Waals surface area contributed by atoms with Gasteiger partial charge in [0.1, 0.15) is 0 Å². The second kappa shape index (κ2) is 8.35. The quantitative estimate of drug-likeness (QED) is 0.690. The minimum absolute atomic E-state index is 0.00489. The van der Waals surface area contributed by atoms with Gasteiger partial charge in [-0.1, -0.05) is 19.4 Å². The number of allylic oxidation sites excluding steroid dienone is 1. The van der Waals surface area contributed by atoms with Gasteiger partial charge in [0.25, 0.3) is 5.91 Å². The number of benzene rings is 1. The first-order valence-corrected chi connectivity index (χ1v) is 7.20. The van der Waals surface area contributed by atoms with Gasteiger partial charge in [0, 0.05) is 24.7 Å². The normalized spacial score (nSPS) is 10.1. The number of hydrogen-bond acceptors (Lipinski definition) is 3. The van der Waals surface area contributed by atoms with E-state index in [1.807, 2.05) is 13.1 Å². The number of nitrogens with zero attached hydrogens (tertiary/aromatic N) is 1. The summed E-state index contributed by atoms with van der Waals surface area (Å²) in [6.07, 6.45) is 4.46. The molecule has 116 valence electrons. The minimum Gasteiger partial charge on any atom is -0.493 e. The summed E-state index contributed by atoms with van der Waals surface area (Å²) < 4.78 is 10.7. The highest BCUT2D eigenvalue weighted by Gasteiger charge is 2.17. The number of carbonyl (C=O) groups is 1. The molecule has 0 aliphatic rings. The van der Waals surface area contributed by atoms with Crippen LogP contribution < -0.4 is 9.47 Å². The molecule has 0 spiro atoms. The molecule has 0 atom stereocenters. The standard InChI is InChI=1S/C17H25NO3/c1-6-8-10-18(3)17(19)14-11-13(9-7-2)16(21-5)15(12-14)20-4/h7,11-12H,2,6,8-10H2,1,3-5H3. The Morgan fingerprint density at radius 1 is 1.33 bits per heavy atom. The molecule has 21 heavy (non-hydrogen) atoms. The fourth-order valence-corrected chi connectivity index (χ4v) is 2.19. The van der Waals surface area contributed by atoms with Crippen LogP contribution in [0.2, 0.25) is 0 Å². The van der Waals surface area contributed by atoms with Crippen molar-refractivity contribution < 1.29 is 14.3 Å². The smallest absolute Gasteiger partial charge is 0.253 e. The molecule has 0 saturated carbocycles. The van der Waals surface area contributed by atoms with E-state index in [1.165, 1.54) is 0 Å². The van der Waals surface area contributed by atoms with Crippen LogP contribution in [-0.2, 0) is 6.42 Å². The molecular formula is C17H25NO3. The molecule has 4 nitrogen and oxygen atoms in total. The van der Waals surface area contributed by atoms with Crippen LogP contribution in [0.4, 0.5) is 0 Å². The van der Waals surface area contributed by atoms with Crippen LogP contribution in [0, 0.1) is 0 Å². The summed E-state index contributed by atoms with van der Waals surface area (Å²) in [4.78, 5) is 14.2. The third-order valence-electron chi connectivity index (χ3n) is 3.36. The van der Waals surface area contributed by atoms with Crippen molar-refractivity contribution in [3.8, 4) is 11.5 Å². The zero-order chi connectivity index (χ0) is 15.8. The lowest BCUT2D eigenvalue weighted by Crippen LogP contribution is -2.27. The van der Waals surface area contributed by atoms with Crippen LogP contribution in [0.15, 0.2) is 24.8 Å². The van der Waals surface area contributed by atoms with E-state index in [1.54, 1.807) is 31.3 Å². The Hall–Kier alpha value is -1.97. The van der Waals surface area contributed by atoms with E-state index in [4.69, 9.17) is 9.47 Å². The predicted octanol–water partition coefficient (Wildman–Crippen LogP) is 3.30. The van der Waals surface area contributed by atoms with E-state index in [9.17, 15) is 4.79 Å². The molecule has 0 saturated heterocycles. The average Bonchev–Trinajstić information content (AvgIpc) is 2.51. The lowest BCUT2D eigenvalue weighted by atomic mass is 10.0. The number of amides is 1. The van der Waals surface area contributed by atoms with E-state index >= 15 is 0 Å². The van der Waals surface area contributed by atoms with Gasteiger partial charge in [0.2, 0.25) is 0 Å². The van der Waals surface area contributed by atoms with E-state index in [2.05, 4.69) is 13.5 Å². The van der Waals surface area contributed by atoms with E-state index in [0.717, 1.165) is 24.9 Å². The van der Waals surface area contributed by atoms with E-state index < -0.39 is 0 Å². The lowest BCUT2D eigenvalue weighted by Gasteiger charge is -2.19. The van der Waals surface area contributed by atoms with Gasteiger partial charge < -0.3 is 14.4 Å². The van der Waals surface area contributed by atoms with Crippen molar-refractivity contribution in [2.75, 3.05) is 27.8 Å². The maximum atomic E-state index is 12.5. The highest BCUT2D eigenvalue weighted by atomic mass is 16.5. The van der Waals surface area contributed by atoms with E-state index in [0.29, 0.717) is 23.5 Å². The first-order valence-electron chi connectivity index (χ1n) is 7.20. The number of hydrogen-bond donors (Lipinski definition) is 0. The first kappa shape index (κ1) is 17.1. The summed E-state index contributed by atoms with van der Waals surface area (Å²) in [5, 5.41) is 0. The van der Waals surface area contributed by atoms with Gasteiger partial charge in [-0.3, -0.25) is 4.79 Å². The second-order valence-electron chi connectivity index (χ2n) is 4.94. The summed E-state index contributed by atoms with van der Waals surface area (Å²) in [7, 11) is 4.99. The Morgan fingerprint density at radius 2 is 2.05 bits per heavy atom. The maximum Gasteiger partial charge on any atom is 0.253 e. The molecule has 0 aliphatic heterocycles. The fourth-order valence-electron chi connectivity index (χ4n) is 2.19. The van der Waals surface area contributed by atoms with Gasteiger partial charge >= 0.3 is 0 Å². The summed E-state index contributed by atoms with van der Waals surface area (Å²) in [5.41, 5.74) is 1.52. The lowest BCUT2D eigenvalue weighted by molar-refractivity contribution is 0.0792. The third kappa shape index (κ3) is 4.25. The number of ether oxygens (including phenoxy) is 2. The van der Waals surface area contributed by atoms with Crippen molar-refractivity contribution in [2.45, 2.75) is 26.2 Å². The number of methoxy groups -OCH3 is 2. The Labute approximate surface area is 127 Å². The van der Waals surface area contributed by atoms with Crippen molar-refractivity contribution in [2.24, 2.45) is 0 Å². The minimum atomic E-state index is -0.00489. The zero-order valence-corrected chi connectivity index (χ0v) is 13.4. The maximum absolute atomic E-state index is 12.5. The molecule has 0 N–H and O–H groups in total. The van der Waals surface area contributed by atoms with E-state index in [-0.39, 0.29) is 5.91 Å². The van der Waals surface area contributed by atoms with Crippen LogP contribution in [-0.4, -0.2) is 38.6 Å². The number of carbonyl (C=O) groups excluding carboxylic acids is 1. The van der Waals surface area contributed by atoms with Crippen LogP contribution in [0.1, 0.15) is 35.7 Å². The molecule has 1 rings (SSSR count). The third-order valence-corrected chi connectivity index (χ3v) is 3.36. The first-order chi connectivity index (χ1) is 10.1. The largest absolute Gasteiger partial charge is 0.493 e. The SMILES string of the molecule is C=CCc1cc(C(=O)N(C)CCCC)cc(OC)c1OC. The topological polar surface area (TPSA) is 38.8 Å². The second-order valence-corrected chi connectivity index (χ2v) is 4.94. The van der Waals surface area contributed by atoms with Gasteiger partial charge in [0.05, 0.1) is 14.2 Å². The molecule has 1 aromatic carbocycles. The number of rotatable bonds is 8. The molecule has 0 bridgehead atoms. The summed E-state index contributed by atoms with van der Waals surface area (Å²) in [6, 6.07) is 3.59. The summed E-state index contributed by atoms with van der Waals surface area (Å²) in [5.74, 6) is 1.23. The Balaban J connectivity index is 3.15. The van der Waals surface area contributed by atoms with Crippen molar-refractivity contribution in [1.29, 1.82) is 0 Å². The fraction of sp³-hybridized carbons (Fsp3) is 0.471. The molecule has 1 amide bonds. The van der Waals surface area contributed by atoms with Gasteiger partial charge in [-0.2, -0.15) is 0 Å². The van der Waals surface area contributed by atoms with Crippen LogP contribution in [0.25, 0.3) is 0 Å². The van der Waals surface area contributed by atoms with Crippen LogP contribution in [0.5, 0.6) is 11.5 Å². The molecule has 0 unspecified atom stereocenters. The zero-order valence-electron chi connectivity index (χ0n) is 13.4. The van der Waals surface area contributed by atoms with Crippen LogP contribution >= 0.6 is 0 Å². The molecule has 0 fully saturated rings. The monoisotopic (exact) mass is 291 g/mol. The van der Waals surface area contributed by atoms with Crippen molar-refractivity contribution >= 4 is 5.91 Å². The van der Waals surface area contributed by atoms with Crippen LogP contribution in [0.3, 0.4) is 0 Å². The van der Waals surface area contributed by atoms with Crippen molar-refractivity contribution in [1.82, 2.24) is 4.90 Å². The van der Waals surface area contributed by atoms with Gasteiger partial charge in [-0.15, -0.1) is 6.58 Å². The Kier molecular flexibility index (Phi) is 6.79. The summed E-state index contributed by atoms with van der Waals surface area (Å²) >= 11 is 0. The Bertz CT molecular complexity index is 497. The average molecular weight is 291 g/mol. The summed E-state index contributed by atoms with van der Waals surface area (Å²) in [6.45, 7) is 6.60. The highest BCUT2D eigenvalue weighted by molar-refractivity contribution is 5.95. The molecule has 4 heteroatoms. The predicted molar refractivity (Wildman–Crippen MR) is 85.3 cm³/mol. The Morgan fingerprint density at radius 3 is 2.57 bits per heavy atom. The van der Waals surface area contributed by atoms with Crippen molar-refractivity contribution in [3.63, 3.8) is 0 Å². The molecule has 0 aromatic heterocycles. The number of unbranched alkanes of at least 4 members (excludes halogenated alkanes) is 1. The van der Waals surface area contributed by atoms with Gasteiger partial charge in [-0.05, 0) is 25.0 Å². The molecule has 0 heterocycles. The molecular weight excluding hydrogens is 266 g/mol.